The third-order valence-electron chi connectivity index (χ3n) is 3.10. The van der Waals surface area contributed by atoms with E-state index in [1.807, 2.05) is 42.5 Å². The van der Waals surface area contributed by atoms with Crippen molar-refractivity contribution in [1.82, 2.24) is 0 Å². The maximum atomic E-state index is 12.3. The Morgan fingerprint density at radius 1 is 1.00 bits per heavy atom. The Morgan fingerprint density at radius 3 is 2.32 bits per heavy atom. The molecule has 0 amide bonds. The van der Waals surface area contributed by atoms with Gasteiger partial charge in [-0.15, -0.1) is 0 Å². The first-order valence-corrected chi connectivity index (χ1v) is 6.29. The first-order valence-electron chi connectivity index (χ1n) is 6.29. The number of hydrogen-bond donors (Lipinski definition) is 0. The molecule has 2 nitrogen and oxygen atoms in total. The molecule has 0 saturated heterocycles. The van der Waals surface area contributed by atoms with Crippen LogP contribution in [0.25, 0.3) is 10.8 Å². The summed E-state index contributed by atoms with van der Waals surface area (Å²) in [5, 5.41) is 2.19. The average Bonchev–Trinajstić information content (AvgIpc) is 2.34. The van der Waals surface area contributed by atoms with E-state index >= 15 is 0 Å². The van der Waals surface area contributed by atoms with Gasteiger partial charge in [-0.3, -0.25) is 4.79 Å². The van der Waals surface area contributed by atoms with Crippen LogP contribution in [0.4, 0.5) is 0 Å². The lowest BCUT2D eigenvalue weighted by molar-refractivity contribution is -0.869. The summed E-state index contributed by atoms with van der Waals surface area (Å²) in [5.74, 6) is 0.236. The number of fused-ring (bicyclic) bond motifs is 1. The molecule has 0 radical (unpaired) electrons. The third-order valence-corrected chi connectivity index (χ3v) is 3.10. The lowest BCUT2D eigenvalue weighted by Crippen LogP contribution is -3.00. The summed E-state index contributed by atoms with van der Waals surface area (Å²) >= 11 is 0. The van der Waals surface area contributed by atoms with E-state index in [0.717, 1.165) is 27.4 Å². The van der Waals surface area contributed by atoms with Gasteiger partial charge in [0.25, 0.3) is 0 Å². The van der Waals surface area contributed by atoms with Crippen molar-refractivity contribution in [3.05, 3.63) is 48.0 Å². The molecule has 0 unspecified atom stereocenters. The molecule has 2 aromatic rings. The highest BCUT2D eigenvalue weighted by molar-refractivity contribution is 6.08. The highest BCUT2D eigenvalue weighted by Gasteiger charge is 2.14. The summed E-state index contributed by atoms with van der Waals surface area (Å²) in [6, 6.07) is 14.0. The van der Waals surface area contributed by atoms with Crippen molar-refractivity contribution < 1.29 is 33.3 Å². The van der Waals surface area contributed by atoms with Crippen molar-refractivity contribution in [2.45, 2.75) is 6.42 Å². The van der Waals surface area contributed by atoms with E-state index in [1.165, 1.54) is 0 Å². The second-order valence-corrected chi connectivity index (χ2v) is 5.71. The number of quaternary nitrogens is 1. The molecule has 3 heteroatoms. The molecule has 19 heavy (non-hydrogen) atoms. The maximum Gasteiger partial charge on any atom is 0.169 e. The molecule has 0 bridgehead atoms. The number of benzene rings is 2. The van der Waals surface area contributed by atoms with Crippen LogP contribution >= 0.6 is 0 Å². The predicted molar refractivity (Wildman–Crippen MR) is 75.8 cm³/mol. The van der Waals surface area contributed by atoms with Gasteiger partial charge in [0.1, 0.15) is 0 Å². The highest BCUT2D eigenvalue weighted by atomic mass is 127. The minimum Gasteiger partial charge on any atom is -1.00 e. The Morgan fingerprint density at radius 2 is 1.63 bits per heavy atom. The lowest BCUT2D eigenvalue weighted by atomic mass is 10.00. The van der Waals surface area contributed by atoms with Crippen LogP contribution in [0.2, 0.25) is 0 Å². The smallest absolute Gasteiger partial charge is 0.169 e. The molecule has 0 aliphatic heterocycles. The van der Waals surface area contributed by atoms with Crippen LogP contribution in [0.3, 0.4) is 0 Å². The minimum atomic E-state index is 0. The van der Waals surface area contributed by atoms with E-state index in [-0.39, 0.29) is 29.8 Å². The third kappa shape index (κ3) is 4.28. The van der Waals surface area contributed by atoms with Gasteiger partial charge < -0.3 is 28.5 Å². The Kier molecular flexibility index (Phi) is 5.50. The number of Topliss-reactive ketones (excluding diaryl/α,β-unsaturated/α-hetero) is 1. The minimum absolute atomic E-state index is 0. The molecule has 0 fully saturated rings. The summed E-state index contributed by atoms with van der Waals surface area (Å²) < 4.78 is 0.816. The zero-order valence-electron chi connectivity index (χ0n) is 11.7. The second kappa shape index (κ2) is 6.48. The molecule has 2 rings (SSSR count). The van der Waals surface area contributed by atoms with Gasteiger partial charge in [0, 0.05) is 5.56 Å². The van der Waals surface area contributed by atoms with Gasteiger partial charge in [-0.05, 0) is 10.8 Å². The number of carbonyl (C=O) groups is 1. The van der Waals surface area contributed by atoms with Gasteiger partial charge in [-0.25, -0.2) is 0 Å². The molecule has 0 saturated carbocycles. The van der Waals surface area contributed by atoms with Crippen LogP contribution < -0.4 is 24.0 Å². The fraction of sp³-hybridized carbons (Fsp3) is 0.312. The second-order valence-electron chi connectivity index (χ2n) is 5.71. The van der Waals surface area contributed by atoms with Crippen LogP contribution in [0, 0.1) is 0 Å². The van der Waals surface area contributed by atoms with Gasteiger partial charge in [0.15, 0.2) is 5.78 Å². The van der Waals surface area contributed by atoms with E-state index < -0.39 is 0 Å². The summed E-state index contributed by atoms with van der Waals surface area (Å²) in [5.41, 5.74) is 0.849. The van der Waals surface area contributed by atoms with Gasteiger partial charge in [-0.2, -0.15) is 0 Å². The standard InChI is InChI=1S/C16H20NO.HI/c1-17(2,3)12-11-16(18)15-10-6-8-13-7-4-5-9-14(13)15;/h4-10H,11-12H2,1-3H3;1H/q+1;/p-1. The van der Waals surface area contributed by atoms with E-state index in [9.17, 15) is 4.79 Å². The van der Waals surface area contributed by atoms with Gasteiger partial charge in [0.2, 0.25) is 0 Å². The Bertz CT molecular complexity index is 567. The number of ketones is 1. The average molecular weight is 369 g/mol. The molecule has 0 heterocycles. The van der Waals surface area contributed by atoms with E-state index in [1.54, 1.807) is 0 Å². The molecule has 0 spiro atoms. The zero-order valence-corrected chi connectivity index (χ0v) is 13.8. The molecular weight excluding hydrogens is 349 g/mol. The number of hydrogen-bond acceptors (Lipinski definition) is 1. The fourth-order valence-electron chi connectivity index (χ4n) is 2.04. The molecule has 0 aliphatic carbocycles. The summed E-state index contributed by atoms with van der Waals surface area (Å²) in [4.78, 5) is 12.3. The monoisotopic (exact) mass is 369 g/mol. The molecule has 0 aliphatic rings. The normalized spacial score (nSPS) is 11.1. The van der Waals surface area contributed by atoms with Gasteiger partial charge >= 0.3 is 0 Å². The van der Waals surface area contributed by atoms with Crippen LogP contribution in [0.5, 0.6) is 0 Å². The van der Waals surface area contributed by atoms with Crippen LogP contribution in [0.1, 0.15) is 16.8 Å². The SMILES string of the molecule is C[N+](C)(C)CCC(=O)c1cccc2ccccc12.[I-]. The fourth-order valence-corrected chi connectivity index (χ4v) is 2.04. The Balaban J connectivity index is 0.00000180. The van der Waals surface area contributed by atoms with Crippen molar-refractivity contribution in [1.29, 1.82) is 0 Å². The number of nitrogens with zero attached hydrogens (tertiary/aromatic N) is 1. The molecule has 0 N–H and O–H groups in total. The van der Waals surface area contributed by atoms with Crippen molar-refractivity contribution >= 4 is 16.6 Å². The van der Waals surface area contributed by atoms with E-state index in [2.05, 4.69) is 21.1 Å². The van der Waals surface area contributed by atoms with E-state index in [4.69, 9.17) is 0 Å². The zero-order chi connectivity index (χ0) is 13.2. The van der Waals surface area contributed by atoms with E-state index in [0.29, 0.717) is 6.42 Å². The number of halogens is 1. The molecule has 0 atom stereocenters. The van der Waals surface area contributed by atoms with Gasteiger partial charge in [0.05, 0.1) is 34.1 Å². The lowest BCUT2D eigenvalue weighted by Gasteiger charge is -2.23. The highest BCUT2D eigenvalue weighted by Crippen LogP contribution is 2.20. The van der Waals surface area contributed by atoms with Crippen LogP contribution in [-0.4, -0.2) is 38.0 Å². The first kappa shape index (κ1) is 16.1. The van der Waals surface area contributed by atoms with Crippen molar-refractivity contribution in [2.75, 3.05) is 27.7 Å². The van der Waals surface area contributed by atoms with Crippen LogP contribution in [0.15, 0.2) is 42.5 Å². The summed E-state index contributed by atoms with van der Waals surface area (Å²) in [7, 11) is 6.32. The van der Waals surface area contributed by atoms with Crippen molar-refractivity contribution in [3.8, 4) is 0 Å². The number of rotatable bonds is 4. The summed E-state index contributed by atoms with van der Waals surface area (Å²) in [6.45, 7) is 0.863. The Hall–Kier alpha value is -0.940. The molecule has 102 valence electrons. The quantitative estimate of drug-likeness (QED) is 0.425. The van der Waals surface area contributed by atoms with Crippen LogP contribution in [-0.2, 0) is 0 Å². The molecule has 0 aromatic heterocycles. The van der Waals surface area contributed by atoms with Gasteiger partial charge in [-0.1, -0.05) is 42.5 Å². The maximum absolute atomic E-state index is 12.3. The molecular formula is C16H20INO. The number of carbonyl (C=O) groups excluding carboxylic acids is 1. The molecule has 2 aromatic carbocycles. The van der Waals surface area contributed by atoms with Crippen molar-refractivity contribution in [3.63, 3.8) is 0 Å². The largest absolute Gasteiger partial charge is 1.00 e. The summed E-state index contributed by atoms with van der Waals surface area (Å²) in [6.07, 6.45) is 0.595. The van der Waals surface area contributed by atoms with Crippen molar-refractivity contribution in [2.24, 2.45) is 0 Å². The topological polar surface area (TPSA) is 17.1 Å². The Labute approximate surface area is 132 Å². The first-order chi connectivity index (χ1) is 8.47. The predicted octanol–water partition coefficient (Wildman–Crippen LogP) is 0.123.